The second kappa shape index (κ2) is 5.05. The summed E-state index contributed by atoms with van der Waals surface area (Å²) in [7, 11) is 0. The molecule has 1 aliphatic rings. The highest BCUT2D eigenvalue weighted by Gasteiger charge is 2.41. The monoisotopic (exact) mass is 238 g/mol. The van der Waals surface area contributed by atoms with Gasteiger partial charge in [-0.25, -0.2) is 0 Å². The van der Waals surface area contributed by atoms with E-state index in [1.165, 1.54) is 0 Å². The molecule has 1 aliphatic heterocycles. The van der Waals surface area contributed by atoms with Crippen molar-refractivity contribution in [1.82, 2.24) is 5.32 Å². The molecule has 0 saturated carbocycles. The predicted molar refractivity (Wildman–Crippen MR) is 65.2 cm³/mol. The van der Waals surface area contributed by atoms with Gasteiger partial charge in [-0.15, -0.1) is 0 Å². The Morgan fingerprint density at radius 1 is 1.41 bits per heavy atom. The fourth-order valence-corrected chi connectivity index (χ4v) is 1.66. The molecule has 1 fully saturated rings. The molecule has 1 heterocycles. The van der Waals surface area contributed by atoms with Gasteiger partial charge in [0.15, 0.2) is 0 Å². The Morgan fingerprint density at radius 3 is 2.35 bits per heavy atom. The summed E-state index contributed by atoms with van der Waals surface area (Å²) in [5.41, 5.74) is -0.894. The molecule has 1 unspecified atom stereocenters. The maximum atomic E-state index is 12.2. The number of nitrogens with one attached hydrogen (secondary N) is 1. The average molecular weight is 238 g/mol. The van der Waals surface area contributed by atoms with Crippen molar-refractivity contribution in [1.29, 1.82) is 5.26 Å². The minimum absolute atomic E-state index is 0.00251. The van der Waals surface area contributed by atoms with Crippen molar-refractivity contribution in [3.63, 3.8) is 0 Å². The molecule has 17 heavy (non-hydrogen) atoms. The van der Waals surface area contributed by atoms with Gasteiger partial charge in [-0.05, 0) is 25.2 Å². The lowest BCUT2D eigenvalue weighted by molar-refractivity contribution is -0.133. The average Bonchev–Trinajstić information content (AvgIpc) is 2.28. The van der Waals surface area contributed by atoms with Gasteiger partial charge >= 0.3 is 0 Å². The fourth-order valence-electron chi connectivity index (χ4n) is 1.66. The van der Waals surface area contributed by atoms with Gasteiger partial charge in [0.05, 0.1) is 6.07 Å². The van der Waals surface area contributed by atoms with Crippen molar-refractivity contribution >= 4 is 5.91 Å². The zero-order chi connectivity index (χ0) is 13.1. The first-order valence-corrected chi connectivity index (χ1v) is 6.12. The molecule has 4 nitrogen and oxygen atoms in total. The molecule has 1 N–H and O–H groups in total. The second-order valence-electron chi connectivity index (χ2n) is 5.87. The normalized spacial score (nSPS) is 21.4. The quantitative estimate of drug-likeness (QED) is 0.798. The van der Waals surface area contributed by atoms with E-state index in [1.807, 2.05) is 6.92 Å². The highest BCUT2D eigenvalue weighted by Crippen LogP contribution is 2.31. The molecular formula is C13H22N2O2. The Morgan fingerprint density at radius 2 is 1.94 bits per heavy atom. The summed E-state index contributed by atoms with van der Waals surface area (Å²) in [6, 6.07) is 2.23. The number of carbonyl (C=O) groups is 1. The molecule has 0 aromatic carbocycles. The van der Waals surface area contributed by atoms with Crippen LogP contribution in [0.15, 0.2) is 0 Å². The molecule has 1 amide bonds. The number of hydrogen-bond donors (Lipinski definition) is 1. The minimum atomic E-state index is -0.891. The van der Waals surface area contributed by atoms with E-state index < -0.39 is 5.41 Å². The van der Waals surface area contributed by atoms with Crippen molar-refractivity contribution in [2.24, 2.45) is 10.8 Å². The summed E-state index contributed by atoms with van der Waals surface area (Å²) in [4.78, 5) is 12.2. The lowest BCUT2D eigenvalue weighted by Crippen LogP contribution is -2.50. The molecule has 1 rings (SSSR count). The molecule has 1 saturated heterocycles. The van der Waals surface area contributed by atoms with Gasteiger partial charge in [-0.2, -0.15) is 5.26 Å². The number of nitriles is 1. The van der Waals surface area contributed by atoms with Crippen LogP contribution in [-0.2, 0) is 9.53 Å². The van der Waals surface area contributed by atoms with Crippen molar-refractivity contribution in [2.45, 2.75) is 46.6 Å². The van der Waals surface area contributed by atoms with Crippen molar-refractivity contribution in [3.8, 4) is 6.07 Å². The van der Waals surface area contributed by atoms with Crippen molar-refractivity contribution in [3.05, 3.63) is 0 Å². The molecule has 0 radical (unpaired) electrons. The van der Waals surface area contributed by atoms with E-state index in [0.29, 0.717) is 26.1 Å². The predicted octanol–water partition coefficient (Wildman–Crippen LogP) is 1.86. The Kier molecular flexibility index (Phi) is 4.16. The Hall–Kier alpha value is -1.08. The number of rotatable bonds is 2. The molecular weight excluding hydrogens is 216 g/mol. The lowest BCUT2D eigenvalue weighted by atomic mass is 9.79. The summed E-state index contributed by atoms with van der Waals surface area (Å²) >= 11 is 0. The first kappa shape index (κ1) is 14.0. The van der Waals surface area contributed by atoms with E-state index in [0.717, 1.165) is 0 Å². The smallest absolute Gasteiger partial charge is 0.240 e. The van der Waals surface area contributed by atoms with Crippen molar-refractivity contribution in [2.75, 3.05) is 13.2 Å². The van der Waals surface area contributed by atoms with E-state index in [-0.39, 0.29) is 17.4 Å². The number of ether oxygens (including phenoxy) is 1. The van der Waals surface area contributed by atoms with Crippen LogP contribution in [0, 0.1) is 22.2 Å². The van der Waals surface area contributed by atoms with E-state index >= 15 is 0 Å². The van der Waals surface area contributed by atoms with Crippen LogP contribution in [0.25, 0.3) is 0 Å². The molecule has 96 valence electrons. The van der Waals surface area contributed by atoms with Gasteiger partial charge in [0.25, 0.3) is 0 Å². The van der Waals surface area contributed by atoms with E-state index in [2.05, 4.69) is 32.2 Å². The zero-order valence-corrected chi connectivity index (χ0v) is 11.2. The lowest BCUT2D eigenvalue weighted by Gasteiger charge is -2.34. The maximum absolute atomic E-state index is 12.2. The van der Waals surface area contributed by atoms with Crippen LogP contribution in [0.1, 0.15) is 40.5 Å². The Labute approximate surface area is 103 Å². The van der Waals surface area contributed by atoms with Crippen LogP contribution in [-0.4, -0.2) is 25.2 Å². The number of amides is 1. The highest BCUT2D eigenvalue weighted by molar-refractivity contribution is 5.85. The Bertz CT molecular complexity index is 319. The summed E-state index contributed by atoms with van der Waals surface area (Å²) in [5.74, 6) is -0.147. The third-order valence-corrected chi connectivity index (χ3v) is 3.64. The summed E-state index contributed by atoms with van der Waals surface area (Å²) in [6.07, 6.45) is 0.985. The van der Waals surface area contributed by atoms with Gasteiger partial charge < -0.3 is 10.1 Å². The number of hydrogen-bond acceptors (Lipinski definition) is 3. The third-order valence-electron chi connectivity index (χ3n) is 3.64. The second-order valence-corrected chi connectivity index (χ2v) is 5.87. The molecule has 4 heteroatoms. The van der Waals surface area contributed by atoms with Gasteiger partial charge in [0, 0.05) is 19.3 Å². The maximum Gasteiger partial charge on any atom is 0.240 e. The highest BCUT2D eigenvalue weighted by atomic mass is 16.5. The van der Waals surface area contributed by atoms with Crippen LogP contribution in [0.5, 0.6) is 0 Å². The van der Waals surface area contributed by atoms with Crippen LogP contribution in [0.2, 0.25) is 0 Å². The van der Waals surface area contributed by atoms with Crippen LogP contribution < -0.4 is 5.32 Å². The molecule has 0 aromatic heterocycles. The first-order valence-electron chi connectivity index (χ1n) is 6.12. The van der Waals surface area contributed by atoms with Gasteiger partial charge in [0.2, 0.25) is 5.91 Å². The zero-order valence-electron chi connectivity index (χ0n) is 11.2. The Balaban J connectivity index is 2.71. The SMILES string of the molecule is CC(NC(=O)C1(C#N)CCOCC1)C(C)(C)C. The topological polar surface area (TPSA) is 62.1 Å². The third kappa shape index (κ3) is 3.19. The standard InChI is InChI=1S/C13H22N2O2/c1-10(12(2,3)4)15-11(16)13(9-14)5-7-17-8-6-13/h10H,5-8H2,1-4H3,(H,15,16). The van der Waals surface area contributed by atoms with Crippen LogP contribution in [0.4, 0.5) is 0 Å². The van der Waals surface area contributed by atoms with E-state index in [9.17, 15) is 10.1 Å². The molecule has 0 aliphatic carbocycles. The summed E-state index contributed by atoms with van der Waals surface area (Å²) in [6.45, 7) is 9.17. The molecule has 0 spiro atoms. The fraction of sp³-hybridized carbons (Fsp3) is 0.846. The van der Waals surface area contributed by atoms with E-state index in [1.54, 1.807) is 0 Å². The van der Waals surface area contributed by atoms with Crippen LogP contribution in [0.3, 0.4) is 0 Å². The van der Waals surface area contributed by atoms with E-state index in [4.69, 9.17) is 4.74 Å². The minimum Gasteiger partial charge on any atom is -0.381 e. The van der Waals surface area contributed by atoms with Crippen molar-refractivity contribution < 1.29 is 9.53 Å². The molecule has 0 aromatic rings. The van der Waals surface area contributed by atoms with Crippen LogP contribution >= 0.6 is 0 Å². The summed E-state index contributed by atoms with van der Waals surface area (Å²) < 4.78 is 5.22. The number of carbonyl (C=O) groups excluding carboxylic acids is 1. The van der Waals surface area contributed by atoms with Gasteiger partial charge in [-0.3, -0.25) is 4.79 Å². The summed E-state index contributed by atoms with van der Waals surface area (Å²) in [5, 5.41) is 12.2. The molecule has 0 bridgehead atoms. The molecule has 1 atom stereocenters. The first-order chi connectivity index (χ1) is 7.82. The largest absolute Gasteiger partial charge is 0.381 e. The number of nitrogens with zero attached hydrogens (tertiary/aromatic N) is 1. The van der Waals surface area contributed by atoms with Gasteiger partial charge in [0.1, 0.15) is 5.41 Å². The van der Waals surface area contributed by atoms with Gasteiger partial charge in [-0.1, -0.05) is 20.8 Å².